The summed E-state index contributed by atoms with van der Waals surface area (Å²) in [6, 6.07) is 5.68. The van der Waals surface area contributed by atoms with E-state index in [2.05, 4.69) is 0 Å². The van der Waals surface area contributed by atoms with Crippen molar-refractivity contribution in [3.05, 3.63) is 38.2 Å². The fourth-order valence-corrected chi connectivity index (χ4v) is 5.42. The second-order valence-electron chi connectivity index (χ2n) is 4.42. The van der Waals surface area contributed by atoms with Crippen LogP contribution in [0.4, 0.5) is 0 Å². The van der Waals surface area contributed by atoms with Gasteiger partial charge in [0, 0.05) is 28.2 Å². The lowest BCUT2D eigenvalue weighted by molar-refractivity contribution is 0.473. The molecule has 20 heavy (non-hydrogen) atoms. The van der Waals surface area contributed by atoms with Gasteiger partial charge < -0.3 is 0 Å². The number of halogens is 1. The van der Waals surface area contributed by atoms with Gasteiger partial charge in [0.1, 0.15) is 0 Å². The van der Waals surface area contributed by atoms with Crippen molar-refractivity contribution >= 4 is 44.3 Å². The van der Waals surface area contributed by atoms with Crippen molar-refractivity contribution in [3.8, 4) is 0 Å². The van der Waals surface area contributed by atoms with Crippen LogP contribution in [0.15, 0.2) is 28.5 Å². The third-order valence-corrected chi connectivity index (χ3v) is 7.54. The molecule has 2 aromatic heterocycles. The van der Waals surface area contributed by atoms with Gasteiger partial charge in [-0.25, -0.2) is 12.7 Å². The van der Waals surface area contributed by atoms with E-state index in [4.69, 9.17) is 11.6 Å². The molecule has 0 amide bonds. The van der Waals surface area contributed by atoms with Crippen LogP contribution in [0.2, 0.25) is 0 Å². The van der Waals surface area contributed by atoms with E-state index in [1.54, 1.807) is 24.5 Å². The molecule has 2 heterocycles. The number of aryl methyl sites for hydroxylation is 1. The molecule has 0 radical (unpaired) electrons. The van der Waals surface area contributed by atoms with E-state index in [0.29, 0.717) is 17.3 Å². The number of hydrogen-bond donors (Lipinski definition) is 0. The van der Waals surface area contributed by atoms with E-state index in [1.165, 1.54) is 20.5 Å². The molecule has 7 heteroatoms. The normalized spacial score (nSPS) is 12.2. The van der Waals surface area contributed by atoms with E-state index in [9.17, 15) is 8.42 Å². The highest BCUT2D eigenvalue weighted by Gasteiger charge is 2.24. The molecule has 0 bridgehead atoms. The molecule has 3 nitrogen and oxygen atoms in total. The number of sulfonamides is 1. The molecule has 0 aliphatic carbocycles. The first-order valence-electron chi connectivity index (χ1n) is 6.09. The van der Waals surface area contributed by atoms with Gasteiger partial charge in [-0.05, 0) is 30.9 Å². The molecule has 2 aromatic rings. The monoisotopic (exact) mass is 349 g/mol. The lowest BCUT2D eigenvalue weighted by Gasteiger charge is -2.16. The zero-order valence-electron chi connectivity index (χ0n) is 11.3. The van der Waals surface area contributed by atoms with Crippen molar-refractivity contribution in [2.24, 2.45) is 0 Å². The van der Waals surface area contributed by atoms with Crippen LogP contribution in [0.5, 0.6) is 0 Å². The van der Waals surface area contributed by atoms with Crippen LogP contribution in [0.1, 0.15) is 14.6 Å². The van der Waals surface area contributed by atoms with Crippen molar-refractivity contribution < 1.29 is 8.42 Å². The predicted molar refractivity (Wildman–Crippen MR) is 86.5 cm³/mol. The summed E-state index contributed by atoms with van der Waals surface area (Å²) in [5, 5.41) is 2.00. The average Bonchev–Trinajstić information content (AvgIpc) is 3.04. The molecule has 0 atom stereocenters. The molecule has 0 aromatic carbocycles. The SMILES string of the molecule is Cc1sc(CCl)cc1S(=O)(=O)N(C)CCc1cccs1. The zero-order chi connectivity index (χ0) is 14.8. The van der Waals surface area contributed by atoms with Gasteiger partial charge in [-0.3, -0.25) is 0 Å². The van der Waals surface area contributed by atoms with E-state index in [-0.39, 0.29) is 0 Å². The summed E-state index contributed by atoms with van der Waals surface area (Å²) in [6.45, 7) is 2.30. The smallest absolute Gasteiger partial charge is 0.207 e. The van der Waals surface area contributed by atoms with Gasteiger partial charge in [-0.15, -0.1) is 34.3 Å². The maximum Gasteiger partial charge on any atom is 0.243 e. The Kier molecular flexibility index (Phi) is 5.25. The molecule has 0 aliphatic heterocycles. The number of rotatable bonds is 6. The first-order valence-corrected chi connectivity index (χ1v) is 9.76. The number of likely N-dealkylation sites (N-methyl/N-ethyl adjacent to an activating group) is 1. The lowest BCUT2D eigenvalue weighted by atomic mass is 10.3. The Balaban J connectivity index is 2.14. The number of alkyl halides is 1. The maximum atomic E-state index is 12.5. The van der Waals surface area contributed by atoms with Crippen molar-refractivity contribution in [2.45, 2.75) is 24.1 Å². The summed E-state index contributed by atoms with van der Waals surface area (Å²) < 4.78 is 26.5. The first kappa shape index (κ1) is 16.0. The molecular formula is C13H16ClNO2S3. The number of nitrogens with zero attached hydrogens (tertiary/aromatic N) is 1. The molecule has 110 valence electrons. The van der Waals surface area contributed by atoms with Crippen molar-refractivity contribution in [1.82, 2.24) is 4.31 Å². The lowest BCUT2D eigenvalue weighted by Crippen LogP contribution is -2.29. The van der Waals surface area contributed by atoms with Gasteiger partial charge in [0.2, 0.25) is 10.0 Å². The highest BCUT2D eigenvalue weighted by atomic mass is 35.5. The molecule has 0 fully saturated rings. The Hall–Kier alpha value is -0.400. The summed E-state index contributed by atoms with van der Waals surface area (Å²) in [5.74, 6) is 0.347. The third-order valence-electron chi connectivity index (χ3n) is 3.00. The Labute approximate surface area is 132 Å². The fourth-order valence-electron chi connectivity index (χ4n) is 1.86. The quantitative estimate of drug-likeness (QED) is 0.745. The van der Waals surface area contributed by atoms with Crippen molar-refractivity contribution in [1.29, 1.82) is 0 Å². The Bertz CT molecular complexity index is 662. The predicted octanol–water partition coefficient (Wildman–Crippen LogP) is 3.72. The maximum absolute atomic E-state index is 12.5. The first-order chi connectivity index (χ1) is 9.45. The molecule has 0 aliphatic rings. The van der Waals surface area contributed by atoms with Gasteiger partial charge in [0.25, 0.3) is 0 Å². The van der Waals surface area contributed by atoms with Gasteiger partial charge >= 0.3 is 0 Å². The summed E-state index contributed by atoms with van der Waals surface area (Å²) in [5.41, 5.74) is 0. The van der Waals surface area contributed by atoms with Crippen LogP contribution < -0.4 is 0 Å². The summed E-state index contributed by atoms with van der Waals surface area (Å²) in [4.78, 5) is 3.25. The van der Waals surface area contributed by atoms with Crippen LogP contribution in [0, 0.1) is 6.92 Å². The molecule has 0 unspecified atom stereocenters. The minimum atomic E-state index is -3.42. The summed E-state index contributed by atoms with van der Waals surface area (Å²) >= 11 is 8.86. The van der Waals surface area contributed by atoms with Crippen molar-refractivity contribution in [2.75, 3.05) is 13.6 Å². The van der Waals surface area contributed by atoms with Crippen LogP contribution in [-0.4, -0.2) is 26.3 Å². The van der Waals surface area contributed by atoms with Gasteiger partial charge in [-0.1, -0.05) is 6.07 Å². The molecule has 0 saturated carbocycles. The number of hydrogen-bond acceptors (Lipinski definition) is 4. The topological polar surface area (TPSA) is 37.4 Å². The third kappa shape index (κ3) is 3.43. The molecule has 0 N–H and O–H groups in total. The largest absolute Gasteiger partial charge is 0.243 e. The van der Waals surface area contributed by atoms with Crippen LogP contribution in [-0.2, 0) is 22.3 Å². The van der Waals surface area contributed by atoms with E-state index < -0.39 is 10.0 Å². The van der Waals surface area contributed by atoms with Crippen molar-refractivity contribution in [3.63, 3.8) is 0 Å². The van der Waals surface area contributed by atoms with Crippen LogP contribution in [0.25, 0.3) is 0 Å². The van der Waals surface area contributed by atoms with Gasteiger partial charge in [0.05, 0.1) is 10.8 Å². The second-order valence-corrected chi connectivity index (χ2v) is 9.08. The van der Waals surface area contributed by atoms with Gasteiger partial charge in [0.15, 0.2) is 0 Å². The summed E-state index contributed by atoms with van der Waals surface area (Å²) in [7, 11) is -1.80. The summed E-state index contributed by atoms with van der Waals surface area (Å²) in [6.07, 6.45) is 0.735. The van der Waals surface area contributed by atoms with Crippen LogP contribution >= 0.6 is 34.3 Å². The zero-order valence-corrected chi connectivity index (χ0v) is 14.5. The molecule has 0 spiro atoms. The number of thiophene rings is 2. The van der Waals surface area contributed by atoms with Gasteiger partial charge in [-0.2, -0.15) is 0 Å². The molecule has 0 saturated heterocycles. The molecular weight excluding hydrogens is 334 g/mol. The minimum Gasteiger partial charge on any atom is -0.207 e. The average molecular weight is 350 g/mol. The fraction of sp³-hybridized carbons (Fsp3) is 0.385. The molecule has 2 rings (SSSR count). The van der Waals surface area contributed by atoms with E-state index in [0.717, 1.165) is 16.2 Å². The Morgan fingerprint density at radius 1 is 1.35 bits per heavy atom. The van der Waals surface area contributed by atoms with E-state index in [1.807, 2.05) is 24.4 Å². The standard InChI is InChI=1S/C13H16ClNO2S3/c1-10-13(8-12(9-14)19-10)20(16,17)15(2)6-5-11-4-3-7-18-11/h3-4,7-8H,5-6,9H2,1-2H3. The highest BCUT2D eigenvalue weighted by Crippen LogP contribution is 2.28. The highest BCUT2D eigenvalue weighted by molar-refractivity contribution is 7.89. The van der Waals surface area contributed by atoms with Crippen LogP contribution in [0.3, 0.4) is 0 Å². The van der Waals surface area contributed by atoms with E-state index >= 15 is 0 Å². The minimum absolute atomic E-state index is 0.347. The second kappa shape index (κ2) is 6.58. The Morgan fingerprint density at radius 2 is 2.10 bits per heavy atom. The Morgan fingerprint density at radius 3 is 2.65 bits per heavy atom.